The predicted octanol–water partition coefficient (Wildman–Crippen LogP) is -0.121. The van der Waals surface area contributed by atoms with Gasteiger partial charge < -0.3 is 15.0 Å². The quantitative estimate of drug-likeness (QED) is 0.351. The Hall–Kier alpha value is -0.130. The van der Waals surface area contributed by atoms with Crippen molar-refractivity contribution in [1.82, 2.24) is 15.1 Å². The van der Waals surface area contributed by atoms with Gasteiger partial charge in [0, 0.05) is 59.2 Å². The Morgan fingerprint density at radius 2 is 2.00 bits per heavy atom. The van der Waals surface area contributed by atoms with Crippen LogP contribution in [0.2, 0.25) is 0 Å². The molecule has 0 aromatic carbocycles. The number of nitrogens with one attached hydrogen (secondary N) is 1. The largest absolute Gasteiger partial charge is 0.381 e. The summed E-state index contributed by atoms with van der Waals surface area (Å²) in [6, 6.07) is 0. The first-order chi connectivity index (χ1) is 10.5. The average molecular weight is 460 g/mol. The van der Waals surface area contributed by atoms with E-state index in [9.17, 15) is 8.42 Å². The lowest BCUT2D eigenvalue weighted by Crippen LogP contribution is -2.53. The number of halogens is 1. The number of guanidine groups is 1. The Morgan fingerprint density at radius 1 is 1.30 bits per heavy atom. The van der Waals surface area contributed by atoms with Gasteiger partial charge in [-0.3, -0.25) is 9.89 Å². The van der Waals surface area contributed by atoms with Crippen LogP contribution in [0, 0.1) is 5.92 Å². The van der Waals surface area contributed by atoms with Crippen LogP contribution in [-0.2, 0) is 14.6 Å². The summed E-state index contributed by atoms with van der Waals surface area (Å²) in [7, 11) is -1.20. The maximum absolute atomic E-state index is 11.2. The van der Waals surface area contributed by atoms with Gasteiger partial charge in [0.2, 0.25) is 0 Å². The van der Waals surface area contributed by atoms with Gasteiger partial charge >= 0.3 is 0 Å². The summed E-state index contributed by atoms with van der Waals surface area (Å²) in [5.41, 5.74) is 0. The van der Waals surface area contributed by atoms with Crippen LogP contribution in [0.5, 0.6) is 0 Å². The Kier molecular flexibility index (Phi) is 9.09. The second kappa shape index (κ2) is 10.00. The fourth-order valence-corrected chi connectivity index (χ4v) is 3.39. The molecule has 0 radical (unpaired) electrons. The SMILES string of the molecule is CN=C(NCCS(C)(=O)=O)N1CCN(CC2CCOC2)CC1.I. The van der Waals surface area contributed by atoms with Gasteiger partial charge in [0.15, 0.2) is 5.96 Å². The van der Waals surface area contributed by atoms with E-state index in [0.29, 0.717) is 12.5 Å². The van der Waals surface area contributed by atoms with Crippen molar-refractivity contribution in [3.63, 3.8) is 0 Å². The molecule has 2 rings (SSSR count). The fourth-order valence-electron chi connectivity index (χ4n) is 2.92. The summed E-state index contributed by atoms with van der Waals surface area (Å²) in [6.45, 7) is 7.21. The number of rotatable bonds is 5. The lowest BCUT2D eigenvalue weighted by Gasteiger charge is -2.37. The van der Waals surface area contributed by atoms with Crippen molar-refractivity contribution in [2.45, 2.75) is 6.42 Å². The smallest absolute Gasteiger partial charge is 0.193 e. The van der Waals surface area contributed by atoms with Crippen LogP contribution in [-0.4, -0.2) is 95.7 Å². The minimum absolute atomic E-state index is 0. The summed E-state index contributed by atoms with van der Waals surface area (Å²) < 4.78 is 27.8. The van der Waals surface area contributed by atoms with E-state index in [1.807, 2.05) is 0 Å². The average Bonchev–Trinajstić information content (AvgIpc) is 2.97. The highest BCUT2D eigenvalue weighted by Crippen LogP contribution is 2.15. The second-order valence-corrected chi connectivity index (χ2v) is 8.38. The van der Waals surface area contributed by atoms with E-state index >= 15 is 0 Å². The standard InChI is InChI=1S/C14H28N4O3S.HI/c1-15-14(16-4-10-22(2,19)20)18-7-5-17(6-8-18)11-13-3-9-21-12-13;/h13H,3-12H2,1-2H3,(H,15,16);1H. The van der Waals surface area contributed by atoms with Gasteiger partial charge in [0.1, 0.15) is 9.84 Å². The molecule has 0 amide bonds. The lowest BCUT2D eigenvalue weighted by atomic mass is 10.1. The van der Waals surface area contributed by atoms with Gasteiger partial charge in [0.05, 0.1) is 12.4 Å². The summed E-state index contributed by atoms with van der Waals surface area (Å²) in [5.74, 6) is 1.61. The third kappa shape index (κ3) is 7.53. The predicted molar refractivity (Wildman–Crippen MR) is 103 cm³/mol. The zero-order valence-electron chi connectivity index (χ0n) is 14.0. The number of piperazine rings is 1. The minimum atomic E-state index is -2.94. The van der Waals surface area contributed by atoms with E-state index < -0.39 is 9.84 Å². The molecular weight excluding hydrogens is 431 g/mol. The van der Waals surface area contributed by atoms with E-state index in [4.69, 9.17) is 4.74 Å². The molecule has 2 heterocycles. The van der Waals surface area contributed by atoms with Crippen LogP contribution in [0.1, 0.15) is 6.42 Å². The molecule has 0 spiro atoms. The maximum Gasteiger partial charge on any atom is 0.193 e. The molecule has 0 bridgehead atoms. The van der Waals surface area contributed by atoms with Crippen molar-refractivity contribution in [3.05, 3.63) is 0 Å². The van der Waals surface area contributed by atoms with Crippen molar-refractivity contribution in [2.24, 2.45) is 10.9 Å². The molecular formula is C14H29IN4O3S. The van der Waals surface area contributed by atoms with Crippen LogP contribution < -0.4 is 5.32 Å². The third-order valence-corrected chi connectivity index (χ3v) is 5.13. The van der Waals surface area contributed by atoms with Gasteiger partial charge in [-0.05, 0) is 12.3 Å². The first-order valence-corrected chi connectivity index (χ1v) is 9.97. The number of ether oxygens (including phenoxy) is 1. The van der Waals surface area contributed by atoms with Crippen molar-refractivity contribution in [3.8, 4) is 0 Å². The van der Waals surface area contributed by atoms with Crippen LogP contribution in [0.4, 0.5) is 0 Å². The van der Waals surface area contributed by atoms with E-state index in [1.165, 1.54) is 12.7 Å². The molecule has 2 saturated heterocycles. The number of sulfone groups is 1. The van der Waals surface area contributed by atoms with Gasteiger partial charge in [0.25, 0.3) is 0 Å². The molecule has 2 fully saturated rings. The molecule has 1 N–H and O–H groups in total. The third-order valence-electron chi connectivity index (χ3n) is 4.18. The maximum atomic E-state index is 11.2. The van der Waals surface area contributed by atoms with Crippen LogP contribution in [0.15, 0.2) is 4.99 Å². The topological polar surface area (TPSA) is 74.2 Å². The normalized spacial score (nSPS) is 23.7. The number of nitrogens with zero attached hydrogens (tertiary/aromatic N) is 3. The molecule has 1 atom stereocenters. The molecule has 0 aromatic rings. The molecule has 0 aromatic heterocycles. The lowest BCUT2D eigenvalue weighted by molar-refractivity contribution is 0.139. The molecule has 23 heavy (non-hydrogen) atoms. The zero-order chi connectivity index (χ0) is 16.0. The minimum Gasteiger partial charge on any atom is -0.381 e. The molecule has 7 nitrogen and oxygen atoms in total. The molecule has 0 saturated carbocycles. The van der Waals surface area contributed by atoms with E-state index in [-0.39, 0.29) is 29.7 Å². The first-order valence-electron chi connectivity index (χ1n) is 7.91. The summed E-state index contributed by atoms with van der Waals surface area (Å²) in [6.07, 6.45) is 2.43. The van der Waals surface area contributed by atoms with Crippen molar-refractivity contribution in [2.75, 3.05) is 71.5 Å². The highest BCUT2D eigenvalue weighted by Gasteiger charge is 2.23. The van der Waals surface area contributed by atoms with E-state index in [2.05, 4.69) is 20.1 Å². The Labute approximate surface area is 156 Å². The molecule has 2 aliphatic rings. The summed E-state index contributed by atoms with van der Waals surface area (Å²) in [4.78, 5) is 8.94. The fraction of sp³-hybridized carbons (Fsp3) is 0.929. The second-order valence-electron chi connectivity index (χ2n) is 6.12. The van der Waals surface area contributed by atoms with Gasteiger partial charge in [-0.25, -0.2) is 8.42 Å². The van der Waals surface area contributed by atoms with E-state index in [1.54, 1.807) is 7.05 Å². The number of aliphatic imine (C=N–C) groups is 1. The highest BCUT2D eigenvalue weighted by atomic mass is 127. The number of hydrogen-bond donors (Lipinski definition) is 1. The highest BCUT2D eigenvalue weighted by molar-refractivity contribution is 14.0. The Morgan fingerprint density at radius 3 is 2.52 bits per heavy atom. The van der Waals surface area contributed by atoms with Crippen molar-refractivity contribution in [1.29, 1.82) is 0 Å². The molecule has 0 aliphatic carbocycles. The van der Waals surface area contributed by atoms with Crippen LogP contribution in [0.3, 0.4) is 0 Å². The van der Waals surface area contributed by atoms with Gasteiger partial charge in [-0.1, -0.05) is 0 Å². The molecule has 1 unspecified atom stereocenters. The van der Waals surface area contributed by atoms with Crippen molar-refractivity contribution >= 4 is 39.8 Å². The van der Waals surface area contributed by atoms with Gasteiger partial charge in [-0.2, -0.15) is 0 Å². The molecule has 2 aliphatic heterocycles. The first kappa shape index (κ1) is 20.9. The van der Waals surface area contributed by atoms with Gasteiger partial charge in [-0.15, -0.1) is 24.0 Å². The molecule has 9 heteroatoms. The molecule has 136 valence electrons. The monoisotopic (exact) mass is 460 g/mol. The summed E-state index contributed by atoms with van der Waals surface area (Å²) in [5, 5.41) is 3.14. The zero-order valence-corrected chi connectivity index (χ0v) is 17.2. The Bertz CT molecular complexity index is 472. The van der Waals surface area contributed by atoms with Crippen molar-refractivity contribution < 1.29 is 13.2 Å². The van der Waals surface area contributed by atoms with Crippen LogP contribution >= 0.6 is 24.0 Å². The summed E-state index contributed by atoms with van der Waals surface area (Å²) >= 11 is 0. The van der Waals surface area contributed by atoms with E-state index in [0.717, 1.165) is 51.9 Å². The Balaban J connectivity index is 0.00000264. The number of hydrogen-bond acceptors (Lipinski definition) is 5. The van der Waals surface area contributed by atoms with Crippen LogP contribution in [0.25, 0.3) is 0 Å².